The van der Waals surface area contributed by atoms with Crippen LogP contribution in [0.4, 0.5) is 0 Å². The van der Waals surface area contributed by atoms with E-state index in [0.29, 0.717) is 6.61 Å². The van der Waals surface area contributed by atoms with E-state index >= 15 is 0 Å². The zero-order chi connectivity index (χ0) is 17.9. The predicted octanol–water partition coefficient (Wildman–Crippen LogP) is 5.34. The third-order valence-corrected chi connectivity index (χ3v) is 5.25. The monoisotopic (exact) mass is 348 g/mol. The molecule has 0 spiro atoms. The summed E-state index contributed by atoms with van der Waals surface area (Å²) in [6.45, 7) is 0.702. The van der Waals surface area contributed by atoms with E-state index in [0.717, 1.165) is 24.3 Å². The van der Waals surface area contributed by atoms with Crippen molar-refractivity contribution >= 4 is 6.08 Å². The van der Waals surface area contributed by atoms with Crippen molar-refractivity contribution in [2.24, 2.45) is 0 Å². The van der Waals surface area contributed by atoms with E-state index in [1.807, 2.05) is 24.3 Å². The highest BCUT2D eigenvalue weighted by Gasteiger charge is 2.31. The summed E-state index contributed by atoms with van der Waals surface area (Å²) >= 11 is 0. The van der Waals surface area contributed by atoms with Crippen molar-refractivity contribution in [2.45, 2.75) is 25.4 Å². The summed E-state index contributed by atoms with van der Waals surface area (Å²) < 4.78 is 16.7. The minimum absolute atomic E-state index is 0.0791. The van der Waals surface area contributed by atoms with Crippen molar-refractivity contribution in [1.82, 2.24) is 0 Å². The van der Waals surface area contributed by atoms with Gasteiger partial charge in [-0.25, -0.2) is 0 Å². The van der Waals surface area contributed by atoms with Crippen molar-refractivity contribution in [1.29, 1.82) is 0 Å². The lowest BCUT2D eigenvalue weighted by atomic mass is 9.84. The number of benzene rings is 2. The van der Waals surface area contributed by atoms with Gasteiger partial charge < -0.3 is 14.2 Å². The Hall–Kier alpha value is -2.52. The van der Waals surface area contributed by atoms with Crippen molar-refractivity contribution in [3.63, 3.8) is 0 Å². The molecule has 2 aromatic carbocycles. The smallest absolute Gasteiger partial charge is 0.118 e. The lowest BCUT2D eigenvalue weighted by molar-refractivity contribution is 0.120. The largest absolute Gasteiger partial charge is 0.497 e. The molecule has 0 saturated carbocycles. The molecule has 2 aliphatic rings. The maximum Gasteiger partial charge on any atom is 0.118 e. The Kier molecular flexibility index (Phi) is 4.81. The van der Waals surface area contributed by atoms with Crippen LogP contribution < -0.4 is 9.47 Å². The van der Waals surface area contributed by atoms with Gasteiger partial charge in [0.15, 0.2) is 0 Å². The Labute approximate surface area is 154 Å². The van der Waals surface area contributed by atoms with Gasteiger partial charge in [-0.2, -0.15) is 0 Å². The van der Waals surface area contributed by atoms with Crippen LogP contribution in [0.3, 0.4) is 0 Å². The molecule has 1 heterocycles. The predicted molar refractivity (Wildman–Crippen MR) is 104 cm³/mol. The Morgan fingerprint density at radius 1 is 0.885 bits per heavy atom. The van der Waals surface area contributed by atoms with Crippen molar-refractivity contribution < 1.29 is 14.2 Å². The van der Waals surface area contributed by atoms with Crippen LogP contribution in [0.5, 0.6) is 11.5 Å². The van der Waals surface area contributed by atoms with Gasteiger partial charge in [-0.15, -0.1) is 0 Å². The number of rotatable bonds is 4. The van der Waals surface area contributed by atoms with Gasteiger partial charge in [0.1, 0.15) is 17.6 Å². The molecule has 0 aromatic heterocycles. The summed E-state index contributed by atoms with van der Waals surface area (Å²) in [4.78, 5) is 0. The molecule has 3 nitrogen and oxygen atoms in total. The molecular weight excluding hydrogens is 324 g/mol. The van der Waals surface area contributed by atoms with Crippen molar-refractivity contribution in [2.75, 3.05) is 20.8 Å². The zero-order valence-corrected chi connectivity index (χ0v) is 15.3. The number of methoxy groups -OCH3 is 2. The Morgan fingerprint density at radius 3 is 2.19 bits per heavy atom. The van der Waals surface area contributed by atoms with Crippen LogP contribution in [0, 0.1) is 0 Å². The van der Waals surface area contributed by atoms with Crippen molar-refractivity contribution in [3.05, 3.63) is 76.4 Å². The molecule has 26 heavy (non-hydrogen) atoms. The molecule has 0 saturated heterocycles. The van der Waals surface area contributed by atoms with Gasteiger partial charge in [-0.1, -0.05) is 30.3 Å². The van der Waals surface area contributed by atoms with Gasteiger partial charge in [-0.05, 0) is 71.4 Å². The number of ether oxygens (including phenoxy) is 3. The fourth-order valence-corrected chi connectivity index (χ4v) is 3.86. The van der Waals surface area contributed by atoms with E-state index < -0.39 is 0 Å². The van der Waals surface area contributed by atoms with E-state index in [4.69, 9.17) is 14.2 Å². The summed E-state index contributed by atoms with van der Waals surface area (Å²) in [5.41, 5.74) is 6.67. The standard InChI is InChI=1S/C23H24O3/c1-24-19-10-6-16(7-11-19)14-18-4-3-5-21-22(18)15-26-23(21)17-8-12-20(25-2)13-9-17/h6-14,23H,3-5,15H2,1-2H3/b18-14-. The summed E-state index contributed by atoms with van der Waals surface area (Å²) in [5.74, 6) is 1.77. The van der Waals surface area contributed by atoms with Crippen LogP contribution in [0.15, 0.2) is 65.3 Å². The molecular formula is C23H24O3. The van der Waals surface area contributed by atoms with Gasteiger partial charge in [-0.3, -0.25) is 0 Å². The molecule has 134 valence electrons. The summed E-state index contributed by atoms with van der Waals surface area (Å²) in [7, 11) is 3.39. The molecule has 4 rings (SSSR count). The topological polar surface area (TPSA) is 27.7 Å². The van der Waals surface area contributed by atoms with Crippen molar-refractivity contribution in [3.8, 4) is 11.5 Å². The van der Waals surface area contributed by atoms with Crippen LogP contribution in [-0.4, -0.2) is 20.8 Å². The molecule has 0 radical (unpaired) electrons. The first-order valence-electron chi connectivity index (χ1n) is 9.11. The van der Waals surface area contributed by atoms with E-state index in [1.165, 1.54) is 34.3 Å². The molecule has 1 aliphatic carbocycles. The lowest BCUT2D eigenvalue weighted by Gasteiger charge is -2.20. The van der Waals surface area contributed by atoms with Crippen LogP contribution >= 0.6 is 0 Å². The van der Waals surface area contributed by atoms with Crippen LogP contribution in [0.2, 0.25) is 0 Å². The Bertz CT molecular complexity index is 829. The van der Waals surface area contributed by atoms with E-state index in [2.05, 4.69) is 30.3 Å². The first-order valence-corrected chi connectivity index (χ1v) is 9.11. The quantitative estimate of drug-likeness (QED) is 0.746. The van der Waals surface area contributed by atoms with Crippen LogP contribution in [0.25, 0.3) is 6.08 Å². The minimum Gasteiger partial charge on any atom is -0.497 e. The molecule has 1 atom stereocenters. The molecule has 0 amide bonds. The maximum absolute atomic E-state index is 6.19. The Balaban J connectivity index is 1.62. The molecule has 0 bridgehead atoms. The second-order valence-electron chi connectivity index (χ2n) is 6.76. The summed E-state index contributed by atoms with van der Waals surface area (Å²) in [6.07, 6.45) is 5.79. The number of hydrogen-bond donors (Lipinski definition) is 0. The van der Waals surface area contributed by atoms with Gasteiger partial charge in [0, 0.05) is 0 Å². The van der Waals surface area contributed by atoms with Crippen LogP contribution in [0.1, 0.15) is 36.5 Å². The SMILES string of the molecule is COc1ccc(/C=C2/CCCC3=C2COC3c2ccc(OC)cc2)cc1. The fraction of sp³-hybridized carbons (Fsp3) is 0.304. The highest BCUT2D eigenvalue weighted by atomic mass is 16.5. The average molecular weight is 348 g/mol. The van der Waals surface area contributed by atoms with E-state index in [9.17, 15) is 0 Å². The molecule has 0 N–H and O–H groups in total. The van der Waals surface area contributed by atoms with Gasteiger partial charge in [0.05, 0.1) is 20.8 Å². The van der Waals surface area contributed by atoms with Gasteiger partial charge in [0.2, 0.25) is 0 Å². The highest BCUT2D eigenvalue weighted by Crippen LogP contribution is 2.44. The second kappa shape index (κ2) is 7.38. The summed E-state index contributed by atoms with van der Waals surface area (Å²) in [6, 6.07) is 16.5. The number of hydrogen-bond acceptors (Lipinski definition) is 3. The normalized spacial score (nSPS) is 21.0. The average Bonchev–Trinajstić information content (AvgIpc) is 3.14. The maximum atomic E-state index is 6.19. The molecule has 2 aromatic rings. The van der Waals surface area contributed by atoms with E-state index in [1.54, 1.807) is 14.2 Å². The molecule has 1 aliphatic heterocycles. The third kappa shape index (κ3) is 3.27. The minimum atomic E-state index is 0.0791. The highest BCUT2D eigenvalue weighted by molar-refractivity contribution is 5.62. The molecule has 3 heteroatoms. The zero-order valence-electron chi connectivity index (χ0n) is 15.3. The van der Waals surface area contributed by atoms with Gasteiger partial charge >= 0.3 is 0 Å². The first-order chi connectivity index (χ1) is 12.8. The summed E-state index contributed by atoms with van der Waals surface area (Å²) in [5, 5.41) is 0. The third-order valence-electron chi connectivity index (χ3n) is 5.25. The van der Waals surface area contributed by atoms with Gasteiger partial charge in [0.25, 0.3) is 0 Å². The van der Waals surface area contributed by atoms with E-state index in [-0.39, 0.29) is 6.10 Å². The van der Waals surface area contributed by atoms with Crippen LogP contribution in [-0.2, 0) is 4.74 Å². The molecule has 0 fully saturated rings. The Morgan fingerprint density at radius 2 is 1.54 bits per heavy atom. The second-order valence-corrected chi connectivity index (χ2v) is 6.76. The fourth-order valence-electron chi connectivity index (χ4n) is 3.86. The first kappa shape index (κ1) is 16.9. The molecule has 1 unspecified atom stereocenters. The lowest BCUT2D eigenvalue weighted by Crippen LogP contribution is -2.04.